The van der Waals surface area contributed by atoms with Gasteiger partial charge in [-0.05, 0) is 36.8 Å². The third-order valence-electron chi connectivity index (χ3n) is 4.98. The summed E-state index contributed by atoms with van der Waals surface area (Å²) in [6.07, 6.45) is 2.46. The summed E-state index contributed by atoms with van der Waals surface area (Å²) in [4.78, 5) is 32.3. The molecule has 2 aromatic carbocycles. The topological polar surface area (TPSA) is 56.4 Å². The molecular weight excluding hydrogens is 345 g/mol. The van der Waals surface area contributed by atoms with Crippen LogP contribution in [0, 0.1) is 5.82 Å². The number of carbonyl (C=O) groups is 2. The van der Waals surface area contributed by atoms with Crippen LogP contribution in [0.25, 0.3) is 10.9 Å². The lowest BCUT2D eigenvalue weighted by molar-refractivity contribution is 0.0719. The zero-order valence-electron chi connectivity index (χ0n) is 14.8. The highest BCUT2D eigenvalue weighted by Gasteiger charge is 2.24. The minimum absolute atomic E-state index is 0.0245. The Kier molecular flexibility index (Phi) is 4.62. The molecule has 0 atom stereocenters. The molecule has 0 unspecified atom stereocenters. The number of aromatic nitrogens is 1. The fourth-order valence-electron chi connectivity index (χ4n) is 3.52. The SMILES string of the molecule is O=C(c1ccc(F)cc1)N1CCCN(C(=O)c2c[nH]c3ccccc23)CC1. The van der Waals surface area contributed by atoms with Gasteiger partial charge >= 0.3 is 0 Å². The molecular formula is C21H20FN3O2. The molecule has 0 radical (unpaired) electrons. The summed E-state index contributed by atoms with van der Waals surface area (Å²) in [5.74, 6) is -0.516. The number of halogens is 1. The molecule has 138 valence electrons. The first kappa shape index (κ1) is 17.3. The molecule has 4 rings (SSSR count). The van der Waals surface area contributed by atoms with Crippen molar-refractivity contribution in [1.29, 1.82) is 0 Å². The molecule has 0 spiro atoms. The van der Waals surface area contributed by atoms with Crippen molar-refractivity contribution in [3.05, 3.63) is 71.7 Å². The maximum absolute atomic E-state index is 13.1. The predicted molar refractivity (Wildman–Crippen MR) is 101 cm³/mol. The smallest absolute Gasteiger partial charge is 0.256 e. The summed E-state index contributed by atoms with van der Waals surface area (Å²) < 4.78 is 13.1. The van der Waals surface area contributed by atoms with E-state index in [0.29, 0.717) is 43.7 Å². The van der Waals surface area contributed by atoms with E-state index in [-0.39, 0.29) is 17.6 Å². The monoisotopic (exact) mass is 365 g/mol. The lowest BCUT2D eigenvalue weighted by Gasteiger charge is -2.22. The lowest BCUT2D eigenvalue weighted by atomic mass is 10.1. The van der Waals surface area contributed by atoms with E-state index in [1.165, 1.54) is 24.3 Å². The van der Waals surface area contributed by atoms with Crippen LogP contribution in [0.5, 0.6) is 0 Å². The summed E-state index contributed by atoms with van der Waals surface area (Å²) in [6.45, 7) is 2.12. The van der Waals surface area contributed by atoms with Crippen LogP contribution in [0.1, 0.15) is 27.1 Å². The minimum Gasteiger partial charge on any atom is -0.360 e. The number of carbonyl (C=O) groups excluding carboxylic acids is 2. The largest absolute Gasteiger partial charge is 0.360 e. The minimum atomic E-state index is -0.363. The van der Waals surface area contributed by atoms with Crippen molar-refractivity contribution in [2.75, 3.05) is 26.2 Å². The zero-order chi connectivity index (χ0) is 18.8. The molecule has 2 amide bonds. The van der Waals surface area contributed by atoms with Crippen LogP contribution >= 0.6 is 0 Å². The van der Waals surface area contributed by atoms with Crippen molar-refractivity contribution >= 4 is 22.7 Å². The van der Waals surface area contributed by atoms with Gasteiger partial charge in [-0.15, -0.1) is 0 Å². The number of fused-ring (bicyclic) bond motifs is 1. The standard InChI is InChI=1S/C21H20FN3O2/c22-16-8-6-15(7-9-16)20(26)24-10-3-11-25(13-12-24)21(27)18-14-23-19-5-2-1-4-17(18)19/h1-2,4-9,14,23H,3,10-13H2. The fourth-order valence-corrected chi connectivity index (χ4v) is 3.52. The Morgan fingerprint density at radius 3 is 2.26 bits per heavy atom. The predicted octanol–water partition coefficient (Wildman–Crippen LogP) is 3.30. The average molecular weight is 365 g/mol. The summed E-state index contributed by atoms with van der Waals surface area (Å²) in [6, 6.07) is 13.3. The molecule has 0 aliphatic carbocycles. The van der Waals surface area contributed by atoms with Crippen LogP contribution in [-0.4, -0.2) is 52.8 Å². The van der Waals surface area contributed by atoms with Crippen LogP contribution < -0.4 is 0 Å². The highest BCUT2D eigenvalue weighted by Crippen LogP contribution is 2.20. The highest BCUT2D eigenvalue weighted by atomic mass is 19.1. The first-order valence-corrected chi connectivity index (χ1v) is 9.04. The second-order valence-electron chi connectivity index (χ2n) is 6.69. The van der Waals surface area contributed by atoms with E-state index >= 15 is 0 Å². The molecule has 5 nitrogen and oxygen atoms in total. The summed E-state index contributed by atoms with van der Waals surface area (Å²) in [5.41, 5.74) is 2.06. The summed E-state index contributed by atoms with van der Waals surface area (Å²) in [5, 5.41) is 0.908. The highest BCUT2D eigenvalue weighted by molar-refractivity contribution is 6.06. The molecule has 6 heteroatoms. The second kappa shape index (κ2) is 7.23. The first-order chi connectivity index (χ1) is 13.1. The van der Waals surface area contributed by atoms with Crippen molar-refractivity contribution in [2.45, 2.75) is 6.42 Å². The fraction of sp³-hybridized carbons (Fsp3) is 0.238. The van der Waals surface area contributed by atoms with E-state index in [4.69, 9.17) is 0 Å². The van der Waals surface area contributed by atoms with E-state index in [1.807, 2.05) is 24.3 Å². The number of benzene rings is 2. The Hall–Kier alpha value is -3.15. The number of H-pyrrole nitrogens is 1. The van der Waals surface area contributed by atoms with Gasteiger partial charge in [0.2, 0.25) is 0 Å². The van der Waals surface area contributed by atoms with Gasteiger partial charge in [-0.3, -0.25) is 9.59 Å². The molecule has 3 aromatic rings. The summed E-state index contributed by atoms with van der Waals surface area (Å²) in [7, 11) is 0. The third kappa shape index (κ3) is 3.43. The molecule has 1 fully saturated rings. The maximum Gasteiger partial charge on any atom is 0.256 e. The molecule has 1 saturated heterocycles. The van der Waals surface area contributed by atoms with Crippen molar-refractivity contribution in [2.24, 2.45) is 0 Å². The van der Waals surface area contributed by atoms with Crippen LogP contribution in [0.4, 0.5) is 4.39 Å². The Bertz CT molecular complexity index is 981. The second-order valence-corrected chi connectivity index (χ2v) is 6.69. The van der Waals surface area contributed by atoms with Crippen molar-refractivity contribution in [3.8, 4) is 0 Å². The average Bonchev–Trinajstić information content (AvgIpc) is 2.96. The first-order valence-electron chi connectivity index (χ1n) is 9.04. The van der Waals surface area contributed by atoms with Crippen LogP contribution in [0.15, 0.2) is 54.7 Å². The molecule has 1 aliphatic heterocycles. The Morgan fingerprint density at radius 2 is 1.52 bits per heavy atom. The van der Waals surface area contributed by atoms with Gasteiger partial charge in [0.1, 0.15) is 5.82 Å². The number of hydrogen-bond donors (Lipinski definition) is 1. The Balaban J connectivity index is 1.47. The van der Waals surface area contributed by atoms with E-state index in [1.54, 1.807) is 16.0 Å². The number of amides is 2. The summed E-state index contributed by atoms with van der Waals surface area (Å²) >= 11 is 0. The molecule has 0 saturated carbocycles. The molecule has 0 bridgehead atoms. The van der Waals surface area contributed by atoms with E-state index in [9.17, 15) is 14.0 Å². The van der Waals surface area contributed by atoms with Gasteiger partial charge in [0.15, 0.2) is 0 Å². The van der Waals surface area contributed by atoms with Gasteiger partial charge in [0.25, 0.3) is 11.8 Å². The number of aromatic amines is 1. The van der Waals surface area contributed by atoms with Crippen molar-refractivity contribution in [3.63, 3.8) is 0 Å². The van der Waals surface area contributed by atoms with Gasteiger partial charge < -0.3 is 14.8 Å². The van der Waals surface area contributed by atoms with Crippen molar-refractivity contribution in [1.82, 2.24) is 14.8 Å². The number of rotatable bonds is 2. The Morgan fingerprint density at radius 1 is 0.852 bits per heavy atom. The molecule has 2 heterocycles. The van der Waals surface area contributed by atoms with Crippen LogP contribution in [-0.2, 0) is 0 Å². The normalized spacial score (nSPS) is 15.0. The van der Waals surface area contributed by atoms with E-state index in [2.05, 4.69) is 4.98 Å². The van der Waals surface area contributed by atoms with Gasteiger partial charge in [0, 0.05) is 48.8 Å². The number of nitrogens with zero attached hydrogens (tertiary/aromatic N) is 2. The van der Waals surface area contributed by atoms with Gasteiger partial charge in [-0.2, -0.15) is 0 Å². The lowest BCUT2D eigenvalue weighted by Crippen LogP contribution is -2.37. The molecule has 1 aliphatic rings. The van der Waals surface area contributed by atoms with E-state index in [0.717, 1.165) is 10.9 Å². The van der Waals surface area contributed by atoms with Gasteiger partial charge in [-0.25, -0.2) is 4.39 Å². The number of nitrogens with one attached hydrogen (secondary N) is 1. The van der Waals surface area contributed by atoms with Crippen molar-refractivity contribution < 1.29 is 14.0 Å². The quantitative estimate of drug-likeness (QED) is 0.758. The van der Waals surface area contributed by atoms with Crippen LogP contribution in [0.3, 0.4) is 0 Å². The van der Waals surface area contributed by atoms with Crippen LogP contribution in [0.2, 0.25) is 0 Å². The maximum atomic E-state index is 13.1. The van der Waals surface area contributed by atoms with Gasteiger partial charge in [0.05, 0.1) is 5.56 Å². The third-order valence-corrected chi connectivity index (χ3v) is 4.98. The molecule has 1 N–H and O–H groups in total. The van der Waals surface area contributed by atoms with E-state index < -0.39 is 0 Å². The number of hydrogen-bond acceptors (Lipinski definition) is 2. The van der Waals surface area contributed by atoms with Gasteiger partial charge in [-0.1, -0.05) is 18.2 Å². The molecule has 1 aromatic heterocycles. The Labute approximate surface area is 156 Å². The molecule has 27 heavy (non-hydrogen) atoms. The zero-order valence-corrected chi connectivity index (χ0v) is 14.8. The number of para-hydroxylation sites is 1.